The molecule has 0 atom stereocenters. The highest BCUT2D eigenvalue weighted by molar-refractivity contribution is 5.49. The predicted octanol–water partition coefficient (Wildman–Crippen LogP) is 3.32. The van der Waals surface area contributed by atoms with Gasteiger partial charge in [0.25, 0.3) is 0 Å². The summed E-state index contributed by atoms with van der Waals surface area (Å²) >= 11 is 0. The Hall–Kier alpha value is -2.54. The minimum Gasteiger partial charge on any atom is -0.497 e. The first-order valence-corrected chi connectivity index (χ1v) is 5.79. The summed E-state index contributed by atoms with van der Waals surface area (Å²) in [7, 11) is 1.61. The number of hydrogen-bond donors (Lipinski definition) is 1. The highest BCUT2D eigenvalue weighted by atomic mass is 19.1. The summed E-state index contributed by atoms with van der Waals surface area (Å²) in [5.41, 5.74) is 1.71. The van der Waals surface area contributed by atoms with Gasteiger partial charge >= 0.3 is 0 Å². The lowest BCUT2D eigenvalue weighted by Gasteiger charge is -2.08. The average Bonchev–Trinajstić information content (AvgIpc) is 2.46. The van der Waals surface area contributed by atoms with Crippen LogP contribution in [0.5, 0.6) is 5.75 Å². The van der Waals surface area contributed by atoms with Crippen molar-refractivity contribution in [2.24, 2.45) is 0 Å². The number of nitrogens with zero attached hydrogens (tertiary/aromatic N) is 1. The van der Waals surface area contributed by atoms with E-state index in [1.54, 1.807) is 19.2 Å². The molecule has 19 heavy (non-hydrogen) atoms. The number of ether oxygens (including phenoxy) is 1. The number of rotatable bonds is 4. The zero-order valence-corrected chi connectivity index (χ0v) is 10.5. The Labute approximate surface area is 111 Å². The van der Waals surface area contributed by atoms with Gasteiger partial charge in [0.2, 0.25) is 0 Å². The number of nitriles is 1. The van der Waals surface area contributed by atoms with Crippen LogP contribution in [0.4, 0.5) is 10.1 Å². The molecule has 0 aromatic heterocycles. The molecule has 0 bridgehead atoms. The van der Waals surface area contributed by atoms with Crippen LogP contribution in [0.15, 0.2) is 42.5 Å². The van der Waals surface area contributed by atoms with E-state index in [1.807, 2.05) is 30.3 Å². The Morgan fingerprint density at radius 3 is 2.53 bits per heavy atom. The summed E-state index contributed by atoms with van der Waals surface area (Å²) in [6.45, 7) is 0.507. The van der Waals surface area contributed by atoms with Crippen LogP contribution in [-0.4, -0.2) is 7.11 Å². The molecule has 2 rings (SSSR count). The van der Waals surface area contributed by atoms with Crippen LogP contribution < -0.4 is 10.1 Å². The molecule has 0 aliphatic heterocycles. The van der Waals surface area contributed by atoms with E-state index >= 15 is 0 Å². The van der Waals surface area contributed by atoms with Crippen LogP contribution in [0.1, 0.15) is 11.1 Å². The van der Waals surface area contributed by atoms with Crippen molar-refractivity contribution in [1.29, 1.82) is 5.26 Å². The second-order valence-corrected chi connectivity index (χ2v) is 4.01. The minimum absolute atomic E-state index is 0.312. The van der Waals surface area contributed by atoms with Crippen molar-refractivity contribution in [1.82, 2.24) is 0 Å². The van der Waals surface area contributed by atoms with Gasteiger partial charge in [0, 0.05) is 6.54 Å². The normalized spacial score (nSPS) is 9.74. The van der Waals surface area contributed by atoms with Crippen LogP contribution in [0.2, 0.25) is 0 Å². The number of methoxy groups -OCH3 is 1. The zero-order valence-electron chi connectivity index (χ0n) is 10.5. The molecule has 0 unspecified atom stereocenters. The molecule has 0 saturated heterocycles. The van der Waals surface area contributed by atoms with Gasteiger partial charge in [0.1, 0.15) is 11.6 Å². The van der Waals surface area contributed by atoms with Crippen molar-refractivity contribution in [3.63, 3.8) is 0 Å². The molecule has 3 nitrogen and oxygen atoms in total. The van der Waals surface area contributed by atoms with Gasteiger partial charge in [-0.15, -0.1) is 0 Å². The SMILES string of the molecule is COc1ccc(CNc2ccc(C#N)cc2F)cc1. The van der Waals surface area contributed by atoms with Gasteiger partial charge in [-0.05, 0) is 35.9 Å². The average molecular weight is 256 g/mol. The van der Waals surface area contributed by atoms with E-state index in [0.717, 1.165) is 11.3 Å². The van der Waals surface area contributed by atoms with E-state index in [9.17, 15) is 4.39 Å². The van der Waals surface area contributed by atoms with Gasteiger partial charge in [-0.3, -0.25) is 0 Å². The molecule has 0 amide bonds. The Bertz CT molecular complexity index is 603. The molecular formula is C15H13FN2O. The third-order valence-corrected chi connectivity index (χ3v) is 2.74. The molecule has 0 radical (unpaired) electrons. The van der Waals surface area contributed by atoms with Crippen LogP contribution in [0, 0.1) is 17.1 Å². The Kier molecular flexibility index (Phi) is 3.99. The third kappa shape index (κ3) is 3.23. The summed E-state index contributed by atoms with van der Waals surface area (Å²) in [5, 5.41) is 11.7. The van der Waals surface area contributed by atoms with Gasteiger partial charge in [-0.25, -0.2) is 4.39 Å². The van der Waals surface area contributed by atoms with E-state index in [-0.39, 0.29) is 0 Å². The van der Waals surface area contributed by atoms with Gasteiger partial charge in [-0.1, -0.05) is 12.1 Å². The summed E-state index contributed by atoms with van der Waals surface area (Å²) in [6, 6.07) is 13.8. The molecule has 0 aliphatic carbocycles. The molecular weight excluding hydrogens is 243 g/mol. The molecule has 1 N–H and O–H groups in total. The van der Waals surface area contributed by atoms with E-state index in [1.165, 1.54) is 6.07 Å². The number of benzene rings is 2. The lowest BCUT2D eigenvalue weighted by Crippen LogP contribution is -2.01. The second-order valence-electron chi connectivity index (χ2n) is 4.01. The monoisotopic (exact) mass is 256 g/mol. The van der Waals surface area contributed by atoms with Crippen molar-refractivity contribution in [2.45, 2.75) is 6.54 Å². The topological polar surface area (TPSA) is 45.0 Å². The molecule has 96 valence electrons. The Morgan fingerprint density at radius 1 is 1.21 bits per heavy atom. The maximum Gasteiger partial charge on any atom is 0.147 e. The maximum atomic E-state index is 13.6. The summed E-state index contributed by atoms with van der Waals surface area (Å²) in [6.07, 6.45) is 0. The third-order valence-electron chi connectivity index (χ3n) is 2.74. The van der Waals surface area contributed by atoms with Gasteiger partial charge in [0.05, 0.1) is 24.4 Å². The standard InChI is InChI=1S/C15H13FN2O/c1-19-13-5-2-11(3-6-13)10-18-15-7-4-12(9-17)8-14(15)16/h2-8,18H,10H2,1H3. The van der Waals surface area contributed by atoms with E-state index in [4.69, 9.17) is 10.00 Å². The van der Waals surface area contributed by atoms with Crippen molar-refractivity contribution in [3.05, 3.63) is 59.4 Å². The number of halogens is 1. The van der Waals surface area contributed by atoms with Crippen LogP contribution >= 0.6 is 0 Å². The van der Waals surface area contributed by atoms with E-state index < -0.39 is 5.82 Å². The number of nitrogens with one attached hydrogen (secondary N) is 1. The van der Waals surface area contributed by atoms with Crippen molar-refractivity contribution in [3.8, 4) is 11.8 Å². The van der Waals surface area contributed by atoms with Crippen LogP contribution in [0.25, 0.3) is 0 Å². The summed E-state index contributed by atoms with van der Waals surface area (Å²) < 4.78 is 18.7. The van der Waals surface area contributed by atoms with Crippen molar-refractivity contribution < 1.29 is 9.13 Å². The lowest BCUT2D eigenvalue weighted by atomic mass is 10.2. The Balaban J connectivity index is 2.04. The van der Waals surface area contributed by atoms with Gasteiger partial charge in [-0.2, -0.15) is 5.26 Å². The van der Waals surface area contributed by atoms with Crippen molar-refractivity contribution in [2.75, 3.05) is 12.4 Å². The fraction of sp³-hybridized carbons (Fsp3) is 0.133. The first-order valence-electron chi connectivity index (χ1n) is 5.79. The van der Waals surface area contributed by atoms with Crippen LogP contribution in [-0.2, 0) is 6.54 Å². The molecule has 0 aliphatic rings. The smallest absolute Gasteiger partial charge is 0.147 e. The fourth-order valence-electron chi connectivity index (χ4n) is 1.67. The van der Waals surface area contributed by atoms with E-state index in [2.05, 4.69) is 5.32 Å². The quantitative estimate of drug-likeness (QED) is 0.912. The lowest BCUT2D eigenvalue weighted by molar-refractivity contribution is 0.414. The predicted molar refractivity (Wildman–Crippen MR) is 71.4 cm³/mol. The van der Waals surface area contributed by atoms with Gasteiger partial charge < -0.3 is 10.1 Å². The minimum atomic E-state index is -0.424. The molecule has 0 spiro atoms. The summed E-state index contributed by atoms with van der Waals surface area (Å²) in [4.78, 5) is 0. The fourth-order valence-corrected chi connectivity index (χ4v) is 1.67. The van der Waals surface area contributed by atoms with Gasteiger partial charge in [0.15, 0.2) is 0 Å². The molecule has 0 fully saturated rings. The summed E-state index contributed by atoms with van der Waals surface area (Å²) in [5.74, 6) is 0.362. The first kappa shape index (κ1) is 12.9. The number of anilines is 1. The largest absolute Gasteiger partial charge is 0.497 e. The highest BCUT2D eigenvalue weighted by Gasteiger charge is 2.03. The van der Waals surface area contributed by atoms with Crippen LogP contribution in [0.3, 0.4) is 0 Å². The molecule has 0 saturated carbocycles. The Morgan fingerprint density at radius 2 is 1.95 bits per heavy atom. The molecule has 2 aromatic carbocycles. The maximum absolute atomic E-state index is 13.6. The molecule has 4 heteroatoms. The van der Waals surface area contributed by atoms with Crippen molar-refractivity contribution >= 4 is 5.69 Å². The zero-order chi connectivity index (χ0) is 13.7. The second kappa shape index (κ2) is 5.87. The first-order chi connectivity index (χ1) is 9.22. The highest BCUT2D eigenvalue weighted by Crippen LogP contribution is 2.17. The van der Waals surface area contributed by atoms with E-state index in [0.29, 0.717) is 17.8 Å². The number of hydrogen-bond acceptors (Lipinski definition) is 3. The molecule has 2 aromatic rings. The molecule has 0 heterocycles.